The molecular weight excluding hydrogens is 446 g/mol. The number of hydrogen-bond donors (Lipinski definition) is 0. The molecule has 2 rings (SSSR count). The topological polar surface area (TPSA) is 0 Å². The predicted molar refractivity (Wildman–Crippen MR) is 164 cm³/mol. The van der Waals surface area contributed by atoms with E-state index in [4.69, 9.17) is 0 Å². The molecule has 0 unspecified atom stereocenters. The second-order valence-electron chi connectivity index (χ2n) is 11.0. The monoisotopic (exact) mass is 502 g/mol. The van der Waals surface area contributed by atoms with Gasteiger partial charge in [0, 0.05) is 11.1 Å². The summed E-state index contributed by atoms with van der Waals surface area (Å²) in [6, 6.07) is 22.1. The van der Waals surface area contributed by atoms with Gasteiger partial charge in [-0.1, -0.05) is 152 Å². The van der Waals surface area contributed by atoms with Gasteiger partial charge in [-0.25, -0.2) is 0 Å². The van der Waals surface area contributed by atoms with Crippen molar-refractivity contribution in [3.05, 3.63) is 96.3 Å². The molecule has 1 heteroatoms. The van der Waals surface area contributed by atoms with Gasteiger partial charge in [-0.15, -0.1) is 0 Å². The molecule has 0 saturated carbocycles. The second kappa shape index (κ2) is 20.9. The third-order valence-electron chi connectivity index (χ3n) is 7.39. The van der Waals surface area contributed by atoms with Crippen LogP contribution in [0.5, 0.6) is 0 Å². The normalized spacial score (nSPS) is 12.2. The van der Waals surface area contributed by atoms with Gasteiger partial charge in [-0.3, -0.25) is 4.48 Å². The number of allylic oxidation sites excluding steroid dienone is 2. The summed E-state index contributed by atoms with van der Waals surface area (Å²) in [4.78, 5) is 0. The lowest BCUT2D eigenvalue weighted by atomic mass is 10.1. The zero-order valence-corrected chi connectivity index (χ0v) is 24.3. The molecule has 0 amide bonds. The first-order valence-electron chi connectivity index (χ1n) is 15.6. The molecular formula is C36H56N+. The average Bonchev–Trinajstić information content (AvgIpc) is 2.92. The van der Waals surface area contributed by atoms with Crippen molar-refractivity contribution < 1.29 is 4.48 Å². The van der Waals surface area contributed by atoms with Crippen LogP contribution < -0.4 is 0 Å². The van der Waals surface area contributed by atoms with E-state index >= 15 is 0 Å². The van der Waals surface area contributed by atoms with Crippen LogP contribution in [0.25, 0.3) is 0 Å². The first-order valence-corrected chi connectivity index (χ1v) is 15.6. The number of nitrogens with zero attached hydrogens (tertiary/aromatic N) is 1. The maximum absolute atomic E-state index is 2.50. The Balaban J connectivity index is 2.04. The maximum Gasteiger partial charge on any atom is 0.113 e. The van der Waals surface area contributed by atoms with Gasteiger partial charge in [0.05, 0.1) is 12.4 Å². The molecule has 2 aromatic rings. The van der Waals surface area contributed by atoms with Crippen molar-refractivity contribution in [1.82, 2.24) is 0 Å². The van der Waals surface area contributed by atoms with Gasteiger partial charge in [-0.2, -0.15) is 0 Å². The minimum atomic E-state index is 0.862. The lowest BCUT2D eigenvalue weighted by Crippen LogP contribution is -2.35. The fourth-order valence-corrected chi connectivity index (χ4v) is 5.17. The van der Waals surface area contributed by atoms with Crippen molar-refractivity contribution in [2.75, 3.05) is 0 Å². The SMILES string of the molecule is CCCCCCCCC/C=C\[N+](/C=C/CCCCCCCCC)(Cc1ccccc1)Cc1ccccc1. The Hall–Kier alpha value is -2.12. The number of unbranched alkanes of at least 4 members (excludes halogenated alkanes) is 14. The fourth-order valence-electron chi connectivity index (χ4n) is 5.17. The zero-order chi connectivity index (χ0) is 26.3. The highest BCUT2D eigenvalue weighted by Gasteiger charge is 2.23. The molecule has 0 atom stereocenters. The Labute approximate surface area is 230 Å². The molecule has 204 valence electrons. The Morgan fingerprint density at radius 2 is 0.811 bits per heavy atom. The second-order valence-corrected chi connectivity index (χ2v) is 11.0. The summed E-state index contributed by atoms with van der Waals surface area (Å²) in [5, 5.41) is 0. The molecule has 0 fully saturated rings. The van der Waals surface area contributed by atoms with Crippen LogP contribution >= 0.6 is 0 Å². The minimum absolute atomic E-state index is 0.862. The highest BCUT2D eigenvalue weighted by molar-refractivity contribution is 5.16. The van der Waals surface area contributed by atoms with E-state index in [1.165, 1.54) is 114 Å². The summed E-state index contributed by atoms with van der Waals surface area (Å²) in [5.41, 5.74) is 2.80. The summed E-state index contributed by atoms with van der Waals surface area (Å²) in [7, 11) is 0. The van der Waals surface area contributed by atoms with E-state index in [1.54, 1.807) is 0 Å². The third kappa shape index (κ3) is 15.0. The fraction of sp³-hybridized carbons (Fsp3) is 0.556. The van der Waals surface area contributed by atoms with Crippen LogP contribution in [0.15, 0.2) is 85.2 Å². The first kappa shape index (κ1) is 31.1. The number of quaternary nitrogens is 1. The van der Waals surface area contributed by atoms with Crippen LogP contribution in [-0.2, 0) is 13.1 Å². The number of benzene rings is 2. The highest BCUT2D eigenvalue weighted by Crippen LogP contribution is 2.24. The quantitative estimate of drug-likeness (QED) is 0.111. The Morgan fingerprint density at radius 3 is 1.19 bits per heavy atom. The van der Waals surface area contributed by atoms with Crippen molar-refractivity contribution >= 4 is 0 Å². The Kier molecular flexibility index (Phi) is 17.6. The van der Waals surface area contributed by atoms with Crippen LogP contribution in [0.2, 0.25) is 0 Å². The summed E-state index contributed by atoms with van der Waals surface area (Å²) in [5.74, 6) is 0. The van der Waals surface area contributed by atoms with E-state index in [-0.39, 0.29) is 0 Å². The van der Waals surface area contributed by atoms with Gasteiger partial charge >= 0.3 is 0 Å². The molecule has 0 radical (unpaired) electrons. The molecule has 0 aliphatic heterocycles. The predicted octanol–water partition coefficient (Wildman–Crippen LogP) is 11.5. The van der Waals surface area contributed by atoms with E-state index in [0.29, 0.717) is 0 Å². The van der Waals surface area contributed by atoms with E-state index < -0.39 is 0 Å². The molecule has 0 N–H and O–H groups in total. The standard InChI is InChI=1S/C36H56N/c1-3-5-7-9-11-13-15-17-25-31-37(33-35-27-21-19-22-28-35,34-36-29-23-20-24-30-36)32-26-18-16-14-12-10-8-6-4-2/h19-32H,3-18,33-34H2,1-2H3/q+1/b31-25-,32-26+. The van der Waals surface area contributed by atoms with E-state index in [0.717, 1.165) is 17.6 Å². The molecule has 0 spiro atoms. The summed E-state index contributed by atoms with van der Waals surface area (Å²) in [6.45, 7) is 6.58. The summed E-state index contributed by atoms with van der Waals surface area (Å²) < 4.78 is 0.862. The third-order valence-corrected chi connectivity index (χ3v) is 7.39. The van der Waals surface area contributed by atoms with Crippen molar-refractivity contribution in [2.24, 2.45) is 0 Å². The smallest absolute Gasteiger partial charge is 0.113 e. The Morgan fingerprint density at radius 1 is 0.459 bits per heavy atom. The Bertz CT molecular complexity index is 749. The van der Waals surface area contributed by atoms with Crippen molar-refractivity contribution in [3.8, 4) is 0 Å². The zero-order valence-electron chi connectivity index (χ0n) is 24.3. The van der Waals surface area contributed by atoms with Gasteiger partial charge in [-0.05, 0) is 37.8 Å². The minimum Gasteiger partial charge on any atom is -0.264 e. The van der Waals surface area contributed by atoms with Crippen molar-refractivity contribution in [2.45, 2.75) is 130 Å². The molecule has 0 saturated heterocycles. The molecule has 37 heavy (non-hydrogen) atoms. The van der Waals surface area contributed by atoms with Gasteiger partial charge in [0.1, 0.15) is 13.1 Å². The lowest BCUT2D eigenvalue weighted by Gasteiger charge is -2.31. The van der Waals surface area contributed by atoms with Crippen LogP contribution in [0.3, 0.4) is 0 Å². The van der Waals surface area contributed by atoms with Gasteiger partial charge in [0.15, 0.2) is 0 Å². The largest absolute Gasteiger partial charge is 0.264 e. The molecule has 1 nitrogen and oxygen atoms in total. The molecule has 0 aliphatic rings. The summed E-state index contributed by atoms with van der Waals surface area (Å²) in [6.07, 6.45) is 31.5. The molecule has 2 aromatic carbocycles. The van der Waals surface area contributed by atoms with Crippen LogP contribution in [-0.4, -0.2) is 4.48 Å². The van der Waals surface area contributed by atoms with E-state index in [2.05, 4.69) is 99.1 Å². The molecule has 0 aromatic heterocycles. The van der Waals surface area contributed by atoms with Crippen LogP contribution in [0.4, 0.5) is 0 Å². The van der Waals surface area contributed by atoms with Crippen molar-refractivity contribution in [3.63, 3.8) is 0 Å². The van der Waals surface area contributed by atoms with Gasteiger partial charge in [0.25, 0.3) is 0 Å². The number of rotatable bonds is 22. The van der Waals surface area contributed by atoms with Crippen LogP contribution in [0, 0.1) is 0 Å². The van der Waals surface area contributed by atoms with E-state index in [1.807, 2.05) is 0 Å². The lowest BCUT2D eigenvalue weighted by molar-refractivity contribution is -0.856. The molecule has 0 bridgehead atoms. The number of hydrogen-bond acceptors (Lipinski definition) is 0. The highest BCUT2D eigenvalue weighted by atomic mass is 15.3. The first-order chi connectivity index (χ1) is 18.3. The van der Waals surface area contributed by atoms with Crippen molar-refractivity contribution in [1.29, 1.82) is 0 Å². The van der Waals surface area contributed by atoms with Gasteiger partial charge in [0.2, 0.25) is 0 Å². The molecule has 0 aliphatic carbocycles. The maximum atomic E-state index is 2.50. The van der Waals surface area contributed by atoms with Crippen LogP contribution in [0.1, 0.15) is 128 Å². The van der Waals surface area contributed by atoms with E-state index in [9.17, 15) is 0 Å². The average molecular weight is 503 g/mol. The van der Waals surface area contributed by atoms with Gasteiger partial charge < -0.3 is 0 Å². The summed E-state index contributed by atoms with van der Waals surface area (Å²) >= 11 is 0. The molecule has 0 heterocycles.